The molecule has 6 nitrogen and oxygen atoms in total. The lowest BCUT2D eigenvalue weighted by atomic mass is 10.1. The summed E-state index contributed by atoms with van der Waals surface area (Å²) in [6.45, 7) is 2.83. The van der Waals surface area contributed by atoms with Gasteiger partial charge in [0.25, 0.3) is 5.91 Å². The van der Waals surface area contributed by atoms with E-state index < -0.39 is 11.9 Å². The minimum Gasteiger partial charge on any atom is -0.328 e. The Morgan fingerprint density at radius 3 is 2.68 bits per heavy atom. The van der Waals surface area contributed by atoms with Crippen molar-refractivity contribution in [1.82, 2.24) is 24.6 Å². The van der Waals surface area contributed by atoms with E-state index in [-0.39, 0.29) is 23.2 Å². The maximum absolute atomic E-state index is 13.1. The van der Waals surface area contributed by atoms with Gasteiger partial charge in [-0.05, 0) is 44.7 Å². The summed E-state index contributed by atoms with van der Waals surface area (Å²) >= 11 is 0. The second-order valence-electron chi connectivity index (χ2n) is 7.42. The lowest BCUT2D eigenvalue weighted by Gasteiger charge is -2.25. The smallest absolute Gasteiger partial charge is 0.328 e. The Labute approximate surface area is 160 Å². The molecular weight excluding hydrogens is 371 g/mol. The predicted octanol–water partition coefficient (Wildman–Crippen LogP) is 3.70. The highest BCUT2D eigenvalue weighted by Crippen LogP contribution is 2.34. The molecule has 4 heterocycles. The number of hydrogen-bond acceptors (Lipinski definition) is 4. The first kappa shape index (κ1) is 18.9. The van der Waals surface area contributed by atoms with Crippen molar-refractivity contribution in [1.29, 1.82) is 0 Å². The van der Waals surface area contributed by atoms with Gasteiger partial charge in [0.15, 0.2) is 5.82 Å². The molecule has 9 heteroatoms. The van der Waals surface area contributed by atoms with E-state index in [2.05, 4.69) is 19.7 Å². The number of pyridine rings is 1. The zero-order valence-electron chi connectivity index (χ0n) is 15.7. The standard InChI is InChI=1S/C19H22F3N5O/c1-12-13(8-9-15(23-12)19(20,21)22)18(28)26-11-5-6-14(26)17-25-24-16-7-3-2-4-10-27(16)17/h8-9,14H,2-7,10-11H2,1H3. The van der Waals surface area contributed by atoms with Crippen LogP contribution in [-0.4, -0.2) is 37.1 Å². The number of aromatic nitrogens is 4. The Balaban J connectivity index is 1.62. The van der Waals surface area contributed by atoms with Crippen molar-refractivity contribution >= 4 is 5.91 Å². The fraction of sp³-hybridized carbons (Fsp3) is 0.579. The third-order valence-corrected chi connectivity index (χ3v) is 5.56. The van der Waals surface area contributed by atoms with Crippen LogP contribution in [0, 0.1) is 6.92 Å². The summed E-state index contributed by atoms with van der Waals surface area (Å²) in [5, 5.41) is 8.69. The number of hydrogen-bond donors (Lipinski definition) is 0. The average molecular weight is 393 g/mol. The van der Waals surface area contributed by atoms with Crippen molar-refractivity contribution in [3.05, 3.63) is 40.7 Å². The van der Waals surface area contributed by atoms with Gasteiger partial charge in [-0.25, -0.2) is 4.98 Å². The summed E-state index contributed by atoms with van der Waals surface area (Å²) in [4.78, 5) is 18.4. The maximum atomic E-state index is 13.1. The van der Waals surface area contributed by atoms with Crippen LogP contribution >= 0.6 is 0 Å². The van der Waals surface area contributed by atoms with Crippen LogP contribution in [0.3, 0.4) is 0 Å². The van der Waals surface area contributed by atoms with Gasteiger partial charge in [0, 0.05) is 19.5 Å². The minimum absolute atomic E-state index is 0.0885. The molecule has 0 bridgehead atoms. The third kappa shape index (κ3) is 3.38. The second kappa shape index (κ2) is 7.18. The van der Waals surface area contributed by atoms with Crippen molar-refractivity contribution in [2.45, 2.75) is 64.2 Å². The summed E-state index contributed by atoms with van der Waals surface area (Å²) in [5.74, 6) is 1.45. The van der Waals surface area contributed by atoms with Crippen molar-refractivity contribution < 1.29 is 18.0 Å². The number of likely N-dealkylation sites (tertiary alicyclic amines) is 1. The second-order valence-corrected chi connectivity index (χ2v) is 7.42. The van der Waals surface area contributed by atoms with Gasteiger partial charge in [-0.2, -0.15) is 13.2 Å². The monoisotopic (exact) mass is 393 g/mol. The fourth-order valence-electron chi connectivity index (χ4n) is 4.13. The van der Waals surface area contributed by atoms with Crippen LogP contribution in [0.15, 0.2) is 12.1 Å². The van der Waals surface area contributed by atoms with Crippen LogP contribution in [0.4, 0.5) is 13.2 Å². The Morgan fingerprint density at radius 2 is 1.93 bits per heavy atom. The quantitative estimate of drug-likeness (QED) is 0.780. The molecule has 0 aliphatic carbocycles. The Kier molecular flexibility index (Phi) is 4.84. The van der Waals surface area contributed by atoms with E-state index in [4.69, 9.17) is 0 Å². The van der Waals surface area contributed by atoms with Crippen molar-refractivity contribution in [3.8, 4) is 0 Å². The van der Waals surface area contributed by atoms with Crippen LogP contribution in [0.25, 0.3) is 0 Å². The molecule has 4 rings (SSSR count). The molecule has 0 saturated carbocycles. The van der Waals surface area contributed by atoms with Gasteiger partial charge < -0.3 is 9.47 Å². The topological polar surface area (TPSA) is 63.9 Å². The van der Waals surface area contributed by atoms with Crippen molar-refractivity contribution in [2.24, 2.45) is 0 Å². The van der Waals surface area contributed by atoms with Crippen LogP contribution < -0.4 is 0 Å². The molecule has 2 aliphatic rings. The van der Waals surface area contributed by atoms with Crippen LogP contribution in [0.2, 0.25) is 0 Å². The SMILES string of the molecule is Cc1nc(C(F)(F)F)ccc1C(=O)N1CCCC1c1nnc2n1CCCCC2. The van der Waals surface area contributed by atoms with Gasteiger partial charge >= 0.3 is 6.18 Å². The Morgan fingerprint density at radius 1 is 1.11 bits per heavy atom. The molecule has 0 radical (unpaired) electrons. The van der Waals surface area contributed by atoms with E-state index in [9.17, 15) is 18.0 Å². The number of rotatable bonds is 2. The first-order valence-electron chi connectivity index (χ1n) is 9.64. The summed E-state index contributed by atoms with van der Waals surface area (Å²) in [6.07, 6.45) is 1.24. The highest BCUT2D eigenvalue weighted by atomic mass is 19.4. The number of carbonyl (C=O) groups excluding carboxylic acids is 1. The lowest BCUT2D eigenvalue weighted by molar-refractivity contribution is -0.141. The van der Waals surface area contributed by atoms with Gasteiger partial charge in [0.2, 0.25) is 0 Å². The molecule has 2 aromatic heterocycles. The molecule has 28 heavy (non-hydrogen) atoms. The first-order chi connectivity index (χ1) is 13.4. The van der Waals surface area contributed by atoms with E-state index in [0.717, 1.165) is 62.8 Å². The first-order valence-corrected chi connectivity index (χ1v) is 9.64. The Bertz CT molecular complexity index is 892. The van der Waals surface area contributed by atoms with Gasteiger partial charge in [-0.3, -0.25) is 4.79 Å². The van der Waals surface area contributed by atoms with Gasteiger partial charge in [-0.15, -0.1) is 10.2 Å². The van der Waals surface area contributed by atoms with Crippen LogP contribution in [0.5, 0.6) is 0 Å². The maximum Gasteiger partial charge on any atom is 0.433 e. The van der Waals surface area contributed by atoms with Gasteiger partial charge in [0.05, 0.1) is 17.3 Å². The van der Waals surface area contributed by atoms with Gasteiger partial charge in [-0.1, -0.05) is 6.42 Å². The summed E-state index contributed by atoms with van der Waals surface area (Å²) in [6, 6.07) is 1.90. The number of halogens is 3. The number of aryl methyl sites for hydroxylation is 2. The average Bonchev–Trinajstić information content (AvgIpc) is 3.21. The molecule has 150 valence electrons. The van der Waals surface area contributed by atoms with Crippen LogP contribution in [-0.2, 0) is 19.1 Å². The molecule has 0 N–H and O–H groups in total. The summed E-state index contributed by atoms with van der Waals surface area (Å²) < 4.78 is 40.7. The van der Waals surface area contributed by atoms with E-state index >= 15 is 0 Å². The molecule has 0 spiro atoms. The zero-order chi connectivity index (χ0) is 19.9. The Hall–Kier alpha value is -2.45. The van der Waals surface area contributed by atoms with E-state index in [1.165, 1.54) is 13.0 Å². The summed E-state index contributed by atoms with van der Waals surface area (Å²) in [7, 11) is 0. The van der Waals surface area contributed by atoms with Gasteiger partial charge in [0.1, 0.15) is 11.5 Å². The van der Waals surface area contributed by atoms with E-state index in [1.54, 1.807) is 4.90 Å². The number of alkyl halides is 3. The number of fused-ring (bicyclic) bond motifs is 1. The molecule has 1 saturated heterocycles. The van der Waals surface area contributed by atoms with Crippen molar-refractivity contribution in [3.63, 3.8) is 0 Å². The van der Waals surface area contributed by atoms with E-state index in [0.29, 0.717) is 6.54 Å². The van der Waals surface area contributed by atoms with E-state index in [1.807, 2.05) is 0 Å². The molecule has 2 aromatic rings. The summed E-state index contributed by atoms with van der Waals surface area (Å²) in [5.41, 5.74) is -0.691. The lowest BCUT2D eigenvalue weighted by Crippen LogP contribution is -2.33. The third-order valence-electron chi connectivity index (χ3n) is 5.56. The minimum atomic E-state index is -4.53. The molecule has 0 aromatic carbocycles. The number of amides is 1. The predicted molar refractivity (Wildman–Crippen MR) is 94.6 cm³/mol. The molecule has 1 amide bonds. The zero-order valence-corrected chi connectivity index (χ0v) is 15.7. The number of carbonyl (C=O) groups is 1. The highest BCUT2D eigenvalue weighted by molar-refractivity contribution is 5.95. The van der Waals surface area contributed by atoms with Crippen molar-refractivity contribution in [2.75, 3.05) is 6.54 Å². The fourth-order valence-corrected chi connectivity index (χ4v) is 4.13. The molecule has 1 unspecified atom stereocenters. The molecule has 2 aliphatic heterocycles. The molecule has 1 fully saturated rings. The highest BCUT2D eigenvalue weighted by Gasteiger charge is 2.37. The largest absolute Gasteiger partial charge is 0.433 e. The molecular formula is C19H22F3N5O. The number of nitrogens with zero attached hydrogens (tertiary/aromatic N) is 5. The van der Waals surface area contributed by atoms with Crippen LogP contribution in [0.1, 0.15) is 71.5 Å². The normalized spacial score (nSPS) is 20.1. The molecule has 1 atom stereocenters.